The van der Waals surface area contributed by atoms with Gasteiger partial charge in [0.1, 0.15) is 12.1 Å². The van der Waals surface area contributed by atoms with Crippen LogP contribution in [0.3, 0.4) is 0 Å². The summed E-state index contributed by atoms with van der Waals surface area (Å²) in [5.41, 5.74) is 10.2. The lowest BCUT2D eigenvalue weighted by molar-refractivity contribution is 0.00532. The average molecular weight is 369 g/mol. The van der Waals surface area contributed by atoms with Crippen LogP contribution in [0.15, 0.2) is 35.8 Å². The minimum Gasteiger partial charge on any atom is -0.377 e. The zero-order chi connectivity index (χ0) is 18.4. The van der Waals surface area contributed by atoms with Crippen molar-refractivity contribution >= 4 is 5.82 Å². The van der Waals surface area contributed by atoms with Gasteiger partial charge in [-0.2, -0.15) is 0 Å². The third-order valence-corrected chi connectivity index (χ3v) is 5.97. The summed E-state index contributed by atoms with van der Waals surface area (Å²) in [6.07, 6.45) is 9.33. The molecule has 0 amide bonds. The molecule has 27 heavy (non-hydrogen) atoms. The smallest absolute Gasteiger partial charge is 0.132 e. The Labute approximate surface area is 159 Å². The lowest BCUT2D eigenvalue weighted by atomic mass is 9.93. The first kappa shape index (κ1) is 17.2. The number of aromatic nitrogens is 2. The Balaban J connectivity index is 1.36. The molecule has 2 N–H and O–H groups in total. The van der Waals surface area contributed by atoms with E-state index in [9.17, 15) is 0 Å². The highest BCUT2D eigenvalue weighted by Gasteiger charge is 2.42. The van der Waals surface area contributed by atoms with E-state index in [2.05, 4.69) is 57.8 Å². The number of hydrogen-bond donors (Lipinski definition) is 2. The van der Waals surface area contributed by atoms with E-state index in [0.717, 1.165) is 56.2 Å². The third kappa shape index (κ3) is 3.35. The molecule has 0 bridgehead atoms. The highest BCUT2D eigenvalue weighted by atomic mass is 16.5. The molecule has 2 aliphatic heterocycles. The largest absolute Gasteiger partial charge is 0.377 e. The molecular weight excluding hydrogens is 342 g/mol. The van der Waals surface area contributed by atoms with Crippen LogP contribution in [0, 0.1) is 0 Å². The van der Waals surface area contributed by atoms with Crippen LogP contribution in [-0.2, 0) is 9.47 Å². The van der Waals surface area contributed by atoms with Crippen molar-refractivity contribution in [3.8, 4) is 0 Å². The fourth-order valence-electron chi connectivity index (χ4n) is 4.07. The van der Waals surface area contributed by atoms with Gasteiger partial charge < -0.3 is 19.8 Å². The van der Waals surface area contributed by atoms with Gasteiger partial charge in [-0.25, -0.2) is 15.4 Å². The number of morpholine rings is 1. The van der Waals surface area contributed by atoms with Gasteiger partial charge in [-0.05, 0) is 38.3 Å². The van der Waals surface area contributed by atoms with Crippen LogP contribution in [0.25, 0.3) is 0 Å². The van der Waals surface area contributed by atoms with Crippen LogP contribution < -0.4 is 15.8 Å². The number of allylic oxidation sites excluding steroid dienone is 1. The fraction of sp³-hybridized carbons (Fsp3) is 0.600. The maximum absolute atomic E-state index is 6.28. The van der Waals surface area contributed by atoms with Gasteiger partial charge in [-0.3, -0.25) is 0 Å². The van der Waals surface area contributed by atoms with E-state index >= 15 is 0 Å². The van der Waals surface area contributed by atoms with Crippen LogP contribution >= 0.6 is 0 Å². The van der Waals surface area contributed by atoms with E-state index in [4.69, 9.17) is 9.47 Å². The summed E-state index contributed by atoms with van der Waals surface area (Å²) in [6, 6.07) is 2.47. The van der Waals surface area contributed by atoms with Gasteiger partial charge in [-0.15, -0.1) is 0 Å². The van der Waals surface area contributed by atoms with Crippen LogP contribution in [0.1, 0.15) is 44.8 Å². The molecule has 0 spiro atoms. The minimum atomic E-state index is 0.0427. The molecule has 1 aromatic rings. The molecule has 0 aromatic carbocycles. The molecule has 3 heterocycles. The van der Waals surface area contributed by atoms with E-state index in [0.29, 0.717) is 6.04 Å². The summed E-state index contributed by atoms with van der Waals surface area (Å²) in [7, 11) is 0. The van der Waals surface area contributed by atoms with E-state index in [1.54, 1.807) is 6.33 Å². The zero-order valence-electron chi connectivity index (χ0n) is 15.9. The highest BCUT2D eigenvalue weighted by Crippen LogP contribution is 2.43. The van der Waals surface area contributed by atoms with Crippen molar-refractivity contribution < 1.29 is 9.47 Å². The molecule has 2 fully saturated rings. The van der Waals surface area contributed by atoms with Crippen molar-refractivity contribution in [2.24, 2.45) is 0 Å². The lowest BCUT2D eigenvalue weighted by Crippen LogP contribution is -2.44. The van der Waals surface area contributed by atoms with Gasteiger partial charge in [0.25, 0.3) is 0 Å². The summed E-state index contributed by atoms with van der Waals surface area (Å²) in [5.74, 6) is 0.969. The Kier molecular flexibility index (Phi) is 4.18. The van der Waals surface area contributed by atoms with Crippen molar-refractivity contribution in [1.29, 1.82) is 0 Å². The van der Waals surface area contributed by atoms with Gasteiger partial charge in [0.05, 0.1) is 42.7 Å². The molecular formula is C20H27N5O2. The molecule has 4 aliphatic rings. The molecule has 7 heteroatoms. The van der Waals surface area contributed by atoms with Crippen LogP contribution in [-0.4, -0.2) is 47.5 Å². The first-order valence-electron chi connectivity index (χ1n) is 9.88. The van der Waals surface area contributed by atoms with Crippen molar-refractivity contribution in [3.63, 3.8) is 0 Å². The minimum absolute atomic E-state index is 0.0427. The Hall–Kier alpha value is -1.96. The summed E-state index contributed by atoms with van der Waals surface area (Å²) in [6.45, 7) is 6.71. The first-order valence-corrected chi connectivity index (χ1v) is 9.88. The Morgan fingerprint density at radius 2 is 2.22 bits per heavy atom. The fourth-order valence-corrected chi connectivity index (χ4v) is 4.07. The Morgan fingerprint density at radius 3 is 3.04 bits per heavy atom. The highest BCUT2D eigenvalue weighted by molar-refractivity contribution is 5.45. The normalized spacial score (nSPS) is 31.6. The maximum atomic E-state index is 6.28. The molecule has 1 saturated carbocycles. The second kappa shape index (κ2) is 6.58. The lowest BCUT2D eigenvalue weighted by Gasteiger charge is -2.34. The zero-order valence-corrected chi connectivity index (χ0v) is 15.9. The van der Waals surface area contributed by atoms with Crippen LogP contribution in [0.2, 0.25) is 0 Å². The summed E-state index contributed by atoms with van der Waals surface area (Å²) < 4.78 is 11.8. The molecule has 1 unspecified atom stereocenters. The van der Waals surface area contributed by atoms with Gasteiger partial charge in [0.15, 0.2) is 0 Å². The first-order chi connectivity index (χ1) is 13.1. The second-order valence-corrected chi connectivity index (χ2v) is 8.23. The van der Waals surface area contributed by atoms with E-state index in [1.165, 1.54) is 5.57 Å². The van der Waals surface area contributed by atoms with Crippen molar-refractivity contribution in [2.45, 2.75) is 56.9 Å². The van der Waals surface area contributed by atoms with Gasteiger partial charge in [0.2, 0.25) is 0 Å². The Bertz CT molecular complexity index is 788. The van der Waals surface area contributed by atoms with Crippen LogP contribution in [0.4, 0.5) is 5.82 Å². The molecule has 5 rings (SSSR count). The van der Waals surface area contributed by atoms with E-state index < -0.39 is 0 Å². The SMILES string of the molecule is CC1COCCN1c1cc([C@@H]2NNC3=C2C[C@@H](OC2(C)CC2)C=C3)ncn1. The second-order valence-electron chi connectivity index (χ2n) is 8.23. The summed E-state index contributed by atoms with van der Waals surface area (Å²) >= 11 is 0. The number of nitrogens with one attached hydrogen (secondary N) is 2. The van der Waals surface area contributed by atoms with E-state index in [1.807, 2.05) is 0 Å². The topological polar surface area (TPSA) is 71.5 Å². The van der Waals surface area contributed by atoms with Gasteiger partial charge in [0, 0.05) is 24.7 Å². The number of anilines is 1. The monoisotopic (exact) mass is 369 g/mol. The predicted octanol–water partition coefficient (Wildman–Crippen LogP) is 2.00. The number of hydrazine groups is 1. The molecule has 1 saturated heterocycles. The summed E-state index contributed by atoms with van der Waals surface area (Å²) in [5, 5.41) is 0. The van der Waals surface area contributed by atoms with E-state index in [-0.39, 0.29) is 17.7 Å². The molecule has 2 aliphatic carbocycles. The maximum Gasteiger partial charge on any atom is 0.132 e. The number of ether oxygens (including phenoxy) is 2. The average Bonchev–Trinajstić information content (AvgIpc) is 3.25. The molecule has 144 valence electrons. The molecule has 7 nitrogen and oxygen atoms in total. The van der Waals surface area contributed by atoms with Gasteiger partial charge >= 0.3 is 0 Å². The quantitative estimate of drug-likeness (QED) is 0.841. The van der Waals surface area contributed by atoms with Gasteiger partial charge in [-0.1, -0.05) is 6.08 Å². The van der Waals surface area contributed by atoms with Crippen molar-refractivity contribution in [2.75, 3.05) is 24.7 Å². The Morgan fingerprint density at radius 1 is 1.33 bits per heavy atom. The predicted molar refractivity (Wildman–Crippen MR) is 102 cm³/mol. The molecule has 3 atom stereocenters. The number of hydrogen-bond acceptors (Lipinski definition) is 7. The van der Waals surface area contributed by atoms with Crippen molar-refractivity contribution in [3.05, 3.63) is 41.5 Å². The van der Waals surface area contributed by atoms with Crippen LogP contribution in [0.5, 0.6) is 0 Å². The number of rotatable bonds is 4. The van der Waals surface area contributed by atoms with Crippen molar-refractivity contribution in [1.82, 2.24) is 20.8 Å². The molecule has 1 aromatic heterocycles. The standard InChI is InChI=1S/C20H27N5O2/c1-13-11-26-8-7-25(13)18-10-17(21-12-22-18)19-15-9-14(27-20(2)5-6-20)3-4-16(15)23-24-19/h3-4,10,12-14,19,23-24H,5-9,11H2,1-2H3/t13?,14-,19+/m0/s1. The summed E-state index contributed by atoms with van der Waals surface area (Å²) in [4.78, 5) is 11.4. The number of nitrogens with zero attached hydrogens (tertiary/aromatic N) is 3. The molecule has 0 radical (unpaired) electrons. The third-order valence-electron chi connectivity index (χ3n) is 5.97.